The minimum absolute atomic E-state index is 0.160. The molecule has 2 N–H and O–H groups in total. The van der Waals surface area contributed by atoms with E-state index in [1.54, 1.807) is 55.6 Å². The molecule has 8 nitrogen and oxygen atoms in total. The zero-order valence-corrected chi connectivity index (χ0v) is 19.9. The molecule has 0 radical (unpaired) electrons. The summed E-state index contributed by atoms with van der Waals surface area (Å²) in [5.41, 5.74) is 1.85. The van der Waals surface area contributed by atoms with Crippen LogP contribution in [0.15, 0.2) is 66.7 Å². The normalized spacial score (nSPS) is 12.1. The predicted octanol–water partition coefficient (Wildman–Crippen LogP) is 4.15. The quantitative estimate of drug-likeness (QED) is 0.482. The van der Waals surface area contributed by atoms with E-state index < -0.39 is 0 Å². The molecule has 2 amide bonds. The van der Waals surface area contributed by atoms with Gasteiger partial charge in [0, 0.05) is 29.3 Å². The first-order valence-electron chi connectivity index (χ1n) is 11.2. The van der Waals surface area contributed by atoms with Crippen LogP contribution in [0, 0.1) is 0 Å². The molecule has 4 rings (SSSR count). The summed E-state index contributed by atoms with van der Waals surface area (Å²) in [5, 5.41) is 5.74. The molecule has 0 saturated carbocycles. The van der Waals surface area contributed by atoms with Crippen LogP contribution in [0.2, 0.25) is 0 Å². The monoisotopic (exact) mass is 476 g/mol. The highest BCUT2D eigenvalue weighted by atomic mass is 16.7. The number of hydrogen-bond acceptors (Lipinski definition) is 6. The Balaban J connectivity index is 1.27. The summed E-state index contributed by atoms with van der Waals surface area (Å²) in [5.74, 6) is 2.09. The maximum atomic E-state index is 12.7. The fourth-order valence-corrected chi connectivity index (χ4v) is 3.57. The highest BCUT2D eigenvalue weighted by Gasteiger charge is 2.25. The van der Waals surface area contributed by atoms with Crippen LogP contribution < -0.4 is 29.6 Å². The number of anilines is 1. The second kappa shape index (κ2) is 10.4. The average Bonchev–Trinajstić information content (AvgIpc) is 3.35. The summed E-state index contributed by atoms with van der Waals surface area (Å²) in [6.07, 6.45) is 0. The molecule has 0 aliphatic carbocycles. The van der Waals surface area contributed by atoms with E-state index in [1.807, 2.05) is 18.2 Å². The van der Waals surface area contributed by atoms with Crippen LogP contribution in [0.5, 0.6) is 23.0 Å². The van der Waals surface area contributed by atoms with Crippen molar-refractivity contribution >= 4 is 17.5 Å². The first-order valence-corrected chi connectivity index (χ1v) is 11.2. The third-order valence-electron chi connectivity index (χ3n) is 5.68. The minimum atomic E-state index is -0.310. The van der Waals surface area contributed by atoms with E-state index in [2.05, 4.69) is 24.5 Å². The van der Waals surface area contributed by atoms with Gasteiger partial charge in [0.1, 0.15) is 11.5 Å². The lowest BCUT2D eigenvalue weighted by Crippen LogP contribution is -2.36. The van der Waals surface area contributed by atoms with E-state index in [1.165, 1.54) is 0 Å². The van der Waals surface area contributed by atoms with Crippen molar-refractivity contribution in [3.05, 3.63) is 77.9 Å². The summed E-state index contributed by atoms with van der Waals surface area (Å²) in [6.45, 7) is 4.61. The van der Waals surface area contributed by atoms with Gasteiger partial charge in [0.15, 0.2) is 18.1 Å². The van der Waals surface area contributed by atoms with Gasteiger partial charge in [-0.1, -0.05) is 26.0 Å². The number of carbonyl (C=O) groups excluding carboxylic acids is 2. The van der Waals surface area contributed by atoms with E-state index in [-0.39, 0.29) is 30.6 Å². The minimum Gasteiger partial charge on any atom is -0.497 e. The van der Waals surface area contributed by atoms with Gasteiger partial charge in [0.25, 0.3) is 11.8 Å². The SMILES string of the molecule is COc1cccc(NC(=O)COc2ccc(C(=O)NCC(C)(C)c3ccc4c(c3)OCO4)cc2)c1. The predicted molar refractivity (Wildman–Crippen MR) is 131 cm³/mol. The molecule has 8 heteroatoms. The van der Waals surface area contributed by atoms with Gasteiger partial charge in [0.05, 0.1) is 7.11 Å². The molecule has 0 saturated heterocycles. The molecule has 3 aromatic rings. The average molecular weight is 477 g/mol. The van der Waals surface area contributed by atoms with Gasteiger partial charge < -0.3 is 29.6 Å². The second-order valence-electron chi connectivity index (χ2n) is 8.73. The number of methoxy groups -OCH3 is 1. The van der Waals surface area contributed by atoms with Gasteiger partial charge in [-0.2, -0.15) is 0 Å². The van der Waals surface area contributed by atoms with Crippen molar-refractivity contribution in [2.45, 2.75) is 19.3 Å². The molecule has 3 aromatic carbocycles. The lowest BCUT2D eigenvalue weighted by atomic mass is 9.84. The molecule has 0 fully saturated rings. The van der Waals surface area contributed by atoms with Gasteiger partial charge >= 0.3 is 0 Å². The Hall–Kier alpha value is -4.20. The highest BCUT2D eigenvalue weighted by molar-refractivity contribution is 5.94. The third-order valence-corrected chi connectivity index (χ3v) is 5.68. The van der Waals surface area contributed by atoms with E-state index >= 15 is 0 Å². The zero-order chi connectivity index (χ0) is 24.8. The summed E-state index contributed by atoms with van der Waals surface area (Å²) in [7, 11) is 1.56. The fraction of sp³-hybridized carbons (Fsp3) is 0.259. The maximum Gasteiger partial charge on any atom is 0.262 e. The largest absolute Gasteiger partial charge is 0.497 e. The fourth-order valence-electron chi connectivity index (χ4n) is 3.57. The Bertz CT molecular complexity index is 1210. The molecule has 0 atom stereocenters. The lowest BCUT2D eigenvalue weighted by Gasteiger charge is -2.26. The van der Waals surface area contributed by atoms with Crippen LogP contribution in [-0.4, -0.2) is 38.9 Å². The number of benzene rings is 3. The molecule has 182 valence electrons. The Morgan fingerprint density at radius 2 is 1.71 bits per heavy atom. The standard InChI is InChI=1S/C27H28N2O6/c1-27(2,19-9-12-23-24(13-19)35-17-34-23)16-28-26(31)18-7-10-21(11-8-18)33-15-25(30)29-20-5-4-6-22(14-20)32-3/h4-14H,15-17H2,1-3H3,(H,28,31)(H,29,30). The van der Waals surface area contributed by atoms with Gasteiger partial charge in [-0.15, -0.1) is 0 Å². The van der Waals surface area contributed by atoms with Gasteiger partial charge in [-0.05, 0) is 54.1 Å². The molecule has 0 spiro atoms. The first-order chi connectivity index (χ1) is 16.8. The molecule has 0 bridgehead atoms. The molecule has 0 unspecified atom stereocenters. The number of hydrogen-bond donors (Lipinski definition) is 2. The van der Waals surface area contributed by atoms with Gasteiger partial charge in [-0.3, -0.25) is 9.59 Å². The summed E-state index contributed by atoms with van der Waals surface area (Å²) in [4.78, 5) is 24.8. The molecule has 1 heterocycles. The van der Waals surface area contributed by atoms with Crippen molar-refractivity contribution in [2.75, 3.05) is 32.4 Å². The molecule has 0 aromatic heterocycles. The smallest absolute Gasteiger partial charge is 0.262 e. The first kappa shape index (κ1) is 23.9. The Kier molecular flexibility index (Phi) is 7.10. The van der Waals surface area contributed by atoms with Crippen molar-refractivity contribution in [1.29, 1.82) is 0 Å². The van der Waals surface area contributed by atoms with Crippen molar-refractivity contribution in [3.8, 4) is 23.0 Å². The number of nitrogens with one attached hydrogen (secondary N) is 2. The zero-order valence-electron chi connectivity index (χ0n) is 19.9. The molecule has 1 aliphatic heterocycles. The van der Waals surface area contributed by atoms with Gasteiger partial charge in [0.2, 0.25) is 6.79 Å². The van der Waals surface area contributed by atoms with Crippen molar-refractivity contribution < 1.29 is 28.5 Å². The van der Waals surface area contributed by atoms with Crippen molar-refractivity contribution in [2.24, 2.45) is 0 Å². The Labute approximate surface area is 204 Å². The number of amides is 2. The third kappa shape index (κ3) is 6.03. The summed E-state index contributed by atoms with van der Waals surface area (Å²) < 4.78 is 21.5. The second-order valence-corrected chi connectivity index (χ2v) is 8.73. The van der Waals surface area contributed by atoms with Crippen LogP contribution in [0.25, 0.3) is 0 Å². The van der Waals surface area contributed by atoms with Gasteiger partial charge in [-0.25, -0.2) is 0 Å². The number of fused-ring (bicyclic) bond motifs is 1. The maximum absolute atomic E-state index is 12.7. The van der Waals surface area contributed by atoms with Crippen molar-refractivity contribution in [1.82, 2.24) is 5.32 Å². The Morgan fingerprint density at radius 1 is 0.943 bits per heavy atom. The summed E-state index contributed by atoms with van der Waals surface area (Å²) in [6, 6.07) is 19.5. The highest BCUT2D eigenvalue weighted by Crippen LogP contribution is 2.36. The van der Waals surface area contributed by atoms with Crippen molar-refractivity contribution in [3.63, 3.8) is 0 Å². The molecule has 35 heavy (non-hydrogen) atoms. The number of ether oxygens (including phenoxy) is 4. The lowest BCUT2D eigenvalue weighted by molar-refractivity contribution is -0.118. The number of carbonyl (C=O) groups is 2. The number of rotatable bonds is 9. The molecular formula is C27H28N2O6. The van der Waals surface area contributed by atoms with Crippen LogP contribution in [0.1, 0.15) is 29.8 Å². The topological polar surface area (TPSA) is 95.1 Å². The van der Waals surface area contributed by atoms with Crippen LogP contribution in [0.3, 0.4) is 0 Å². The van der Waals surface area contributed by atoms with E-state index in [4.69, 9.17) is 18.9 Å². The Morgan fingerprint density at radius 3 is 2.49 bits per heavy atom. The van der Waals surface area contributed by atoms with E-state index in [9.17, 15) is 9.59 Å². The molecule has 1 aliphatic rings. The van der Waals surface area contributed by atoms with E-state index in [0.29, 0.717) is 29.3 Å². The van der Waals surface area contributed by atoms with E-state index in [0.717, 1.165) is 17.1 Å². The van der Waals surface area contributed by atoms with Crippen LogP contribution in [0.4, 0.5) is 5.69 Å². The molecular weight excluding hydrogens is 448 g/mol. The summed E-state index contributed by atoms with van der Waals surface area (Å²) >= 11 is 0. The van der Waals surface area contributed by atoms with Crippen LogP contribution in [-0.2, 0) is 10.2 Å². The van der Waals surface area contributed by atoms with Crippen LogP contribution >= 0.6 is 0 Å².